The van der Waals surface area contributed by atoms with E-state index in [0.717, 1.165) is 0 Å². The van der Waals surface area contributed by atoms with Gasteiger partial charge in [0.1, 0.15) is 5.41 Å². The van der Waals surface area contributed by atoms with Crippen LogP contribution in [0.3, 0.4) is 0 Å². The van der Waals surface area contributed by atoms with Crippen molar-refractivity contribution in [3.8, 4) is 0 Å². The predicted octanol–water partition coefficient (Wildman–Crippen LogP) is -0.767. The minimum atomic E-state index is -5.54. The highest BCUT2D eigenvalue weighted by Crippen LogP contribution is 2.67. The van der Waals surface area contributed by atoms with Crippen molar-refractivity contribution in [3.05, 3.63) is 0 Å². The number of rotatable bonds is 6. The van der Waals surface area contributed by atoms with E-state index in [0.29, 0.717) is 6.92 Å². The molecule has 0 aliphatic heterocycles. The third-order valence-electron chi connectivity index (χ3n) is 2.21. The molecule has 0 aromatic heterocycles. The zero-order valence-corrected chi connectivity index (χ0v) is 10.8. The lowest BCUT2D eigenvalue weighted by atomic mass is 9.89. The van der Waals surface area contributed by atoms with E-state index in [1.54, 1.807) is 0 Å². The maximum atomic E-state index is 11.1. The van der Waals surface area contributed by atoms with E-state index in [4.69, 9.17) is 29.8 Å². The van der Waals surface area contributed by atoms with Gasteiger partial charge in [0.15, 0.2) is 5.40 Å². The summed E-state index contributed by atoms with van der Waals surface area (Å²) < 4.78 is 22.1. The van der Waals surface area contributed by atoms with Crippen LogP contribution in [0.5, 0.6) is 0 Å². The van der Waals surface area contributed by atoms with Gasteiger partial charge in [0.05, 0.1) is 6.42 Å². The van der Waals surface area contributed by atoms with E-state index < -0.39 is 44.4 Å². The molecule has 0 aliphatic carbocycles. The molecule has 10 nitrogen and oxygen atoms in total. The van der Waals surface area contributed by atoms with E-state index in [-0.39, 0.29) is 0 Å². The zero-order chi connectivity index (χ0) is 14.9. The van der Waals surface area contributed by atoms with Crippen molar-refractivity contribution in [2.45, 2.75) is 18.7 Å². The minimum absolute atomic E-state index is 0.562. The molecule has 0 aromatic carbocycles. The maximum Gasteiger partial charge on any atom is 0.341 e. The molecule has 12 heteroatoms. The number of carboxylic acid groups (broad SMARTS) is 2. The first-order valence-corrected chi connectivity index (χ1v) is 7.65. The van der Waals surface area contributed by atoms with E-state index in [1.165, 1.54) is 0 Å². The van der Waals surface area contributed by atoms with Crippen LogP contribution in [0.4, 0.5) is 0 Å². The smallest absolute Gasteiger partial charge is 0.341 e. The average Bonchev–Trinajstić information content (AvgIpc) is 1.94. The van der Waals surface area contributed by atoms with Gasteiger partial charge in [-0.25, -0.2) is 0 Å². The van der Waals surface area contributed by atoms with Gasteiger partial charge in [0, 0.05) is 0 Å². The van der Waals surface area contributed by atoms with Crippen LogP contribution in [0.1, 0.15) is 13.3 Å². The Morgan fingerprint density at radius 1 is 1.06 bits per heavy atom. The Morgan fingerprint density at radius 3 is 1.56 bits per heavy atom. The molecule has 0 fully saturated rings. The third-order valence-corrected chi connectivity index (χ3v) is 6.43. The van der Waals surface area contributed by atoms with Crippen LogP contribution in [0.2, 0.25) is 0 Å². The molecule has 106 valence electrons. The molecule has 0 heterocycles. The number of aliphatic carboxylic acids is 2. The second kappa shape index (κ2) is 5.08. The Morgan fingerprint density at radius 2 is 1.39 bits per heavy atom. The van der Waals surface area contributed by atoms with Crippen molar-refractivity contribution in [2.75, 3.05) is 0 Å². The highest BCUT2D eigenvalue weighted by atomic mass is 31.2. The fourth-order valence-electron chi connectivity index (χ4n) is 1.53. The molecule has 0 aromatic rings. The van der Waals surface area contributed by atoms with Crippen molar-refractivity contribution in [2.24, 2.45) is 5.41 Å². The number of hydrogen-bond donors (Lipinski definition) is 6. The predicted molar refractivity (Wildman–Crippen MR) is 55.9 cm³/mol. The van der Waals surface area contributed by atoms with Crippen molar-refractivity contribution in [1.82, 2.24) is 0 Å². The van der Waals surface area contributed by atoms with Crippen LogP contribution in [0.15, 0.2) is 0 Å². The standard InChI is InChI=1S/C6H12O10P2/c1-6(4(9)10,2-3(7)8)5(17(11,12)13)18(14,15)16/h5H,2H2,1H3,(H,7,8)(H,9,10)(H2,11,12,13)(H2,14,15,16). The normalized spacial score (nSPS) is 16.3. The van der Waals surface area contributed by atoms with E-state index >= 15 is 0 Å². The van der Waals surface area contributed by atoms with Crippen LogP contribution in [-0.4, -0.2) is 47.1 Å². The molecule has 1 unspecified atom stereocenters. The minimum Gasteiger partial charge on any atom is -0.481 e. The molecule has 6 N–H and O–H groups in total. The topological polar surface area (TPSA) is 190 Å². The molecule has 1 atom stereocenters. The first kappa shape index (κ1) is 17.2. The summed E-state index contributed by atoms with van der Waals surface area (Å²) in [4.78, 5) is 56.9. The monoisotopic (exact) mass is 306 g/mol. The summed E-state index contributed by atoms with van der Waals surface area (Å²) in [6, 6.07) is 0. The van der Waals surface area contributed by atoms with Gasteiger partial charge in [0.2, 0.25) is 0 Å². The largest absolute Gasteiger partial charge is 0.481 e. The summed E-state index contributed by atoms with van der Waals surface area (Å²) in [6.45, 7) is 0.562. The van der Waals surface area contributed by atoms with E-state index in [2.05, 4.69) is 0 Å². The van der Waals surface area contributed by atoms with Crippen molar-refractivity contribution < 1.29 is 48.5 Å². The summed E-state index contributed by atoms with van der Waals surface area (Å²) in [5.41, 5.74) is -2.80. The summed E-state index contributed by atoms with van der Waals surface area (Å²) in [6.07, 6.45) is -1.34. The molecule has 0 amide bonds. The van der Waals surface area contributed by atoms with Gasteiger partial charge in [-0.2, -0.15) is 0 Å². The highest BCUT2D eigenvalue weighted by Gasteiger charge is 2.60. The third kappa shape index (κ3) is 3.88. The lowest BCUT2D eigenvalue weighted by Gasteiger charge is -2.32. The first-order valence-electron chi connectivity index (χ1n) is 4.28. The molecule has 0 aliphatic rings. The zero-order valence-electron chi connectivity index (χ0n) is 9.00. The summed E-state index contributed by atoms with van der Waals surface area (Å²) in [5.74, 6) is -3.78. The van der Waals surface area contributed by atoms with Gasteiger partial charge >= 0.3 is 27.1 Å². The molecule has 0 rings (SSSR count). The Balaban J connectivity index is 5.98. The van der Waals surface area contributed by atoms with Gasteiger partial charge < -0.3 is 29.8 Å². The molecule has 0 spiro atoms. The second-order valence-corrected chi connectivity index (χ2v) is 7.64. The van der Waals surface area contributed by atoms with Crippen molar-refractivity contribution >= 4 is 27.1 Å². The van der Waals surface area contributed by atoms with Crippen LogP contribution in [0.25, 0.3) is 0 Å². The SMILES string of the molecule is CC(CC(=O)O)(C(=O)O)C(P(=O)(O)O)P(=O)(O)O. The van der Waals surface area contributed by atoms with Crippen molar-refractivity contribution in [1.29, 1.82) is 0 Å². The first-order chi connectivity index (χ1) is 7.73. The van der Waals surface area contributed by atoms with Gasteiger partial charge in [-0.05, 0) is 6.92 Å². The molecule has 0 saturated carbocycles. The van der Waals surface area contributed by atoms with Gasteiger partial charge in [-0.15, -0.1) is 0 Å². The number of carboxylic acids is 2. The number of hydrogen-bond acceptors (Lipinski definition) is 4. The van der Waals surface area contributed by atoms with Gasteiger partial charge in [-0.3, -0.25) is 18.7 Å². The maximum absolute atomic E-state index is 11.1. The Labute approximate surface area is 101 Å². The fraction of sp³-hybridized carbons (Fsp3) is 0.667. The lowest BCUT2D eigenvalue weighted by molar-refractivity contribution is -0.154. The van der Waals surface area contributed by atoms with Crippen LogP contribution < -0.4 is 0 Å². The van der Waals surface area contributed by atoms with Crippen LogP contribution in [-0.2, 0) is 18.7 Å². The molecular formula is C6H12O10P2. The average molecular weight is 306 g/mol. The van der Waals surface area contributed by atoms with Gasteiger partial charge in [0.25, 0.3) is 0 Å². The fourth-order valence-corrected chi connectivity index (χ4v) is 4.99. The lowest BCUT2D eigenvalue weighted by Crippen LogP contribution is -2.41. The highest BCUT2D eigenvalue weighted by molar-refractivity contribution is 7.71. The molecular weight excluding hydrogens is 294 g/mol. The van der Waals surface area contributed by atoms with E-state index in [1.807, 2.05) is 0 Å². The van der Waals surface area contributed by atoms with Crippen LogP contribution in [0, 0.1) is 5.41 Å². The summed E-state index contributed by atoms with van der Waals surface area (Å²) in [5, 5.41) is 14.4. The quantitative estimate of drug-likeness (QED) is 0.340. The summed E-state index contributed by atoms with van der Waals surface area (Å²) in [7, 11) is -11.1. The number of carbonyl (C=O) groups is 2. The molecule has 0 saturated heterocycles. The Kier molecular flexibility index (Phi) is 4.87. The van der Waals surface area contributed by atoms with Crippen molar-refractivity contribution in [3.63, 3.8) is 0 Å². The molecule has 18 heavy (non-hydrogen) atoms. The molecule has 0 bridgehead atoms. The molecule has 0 radical (unpaired) electrons. The van der Waals surface area contributed by atoms with Crippen LogP contribution >= 0.6 is 15.2 Å². The summed E-state index contributed by atoms with van der Waals surface area (Å²) >= 11 is 0. The van der Waals surface area contributed by atoms with E-state index in [9.17, 15) is 18.7 Å². The Bertz CT molecular complexity index is 423. The second-order valence-electron chi connectivity index (χ2n) is 3.84. The Hall–Kier alpha value is -0.760. The van der Waals surface area contributed by atoms with Gasteiger partial charge in [-0.1, -0.05) is 0 Å².